The average molecular weight is 345 g/mol. The Morgan fingerprint density at radius 3 is 2.60 bits per heavy atom. The van der Waals surface area contributed by atoms with Crippen LogP contribution in [0.3, 0.4) is 0 Å². The van der Waals surface area contributed by atoms with Crippen LogP contribution in [0.4, 0.5) is 0 Å². The highest BCUT2D eigenvalue weighted by Crippen LogP contribution is 2.43. The molecule has 0 saturated heterocycles. The van der Waals surface area contributed by atoms with Crippen LogP contribution < -0.4 is 0 Å². The number of nitrogens with zero attached hydrogens (tertiary/aromatic N) is 1. The molecule has 1 aliphatic rings. The minimum atomic E-state index is -0.215. The van der Waals surface area contributed by atoms with Gasteiger partial charge in [-0.05, 0) is 67.2 Å². The Balaban J connectivity index is 0.00000151. The molecule has 138 valence electrons. The van der Waals surface area contributed by atoms with E-state index in [0.29, 0.717) is 24.0 Å². The number of esters is 1. The second kappa shape index (κ2) is 10.2. The minimum Gasteiger partial charge on any atom is -0.466 e. The molecule has 0 aliphatic heterocycles. The third-order valence-corrected chi connectivity index (χ3v) is 4.68. The van der Waals surface area contributed by atoms with E-state index in [1.165, 1.54) is 12.0 Å². The zero-order valence-electron chi connectivity index (χ0n) is 16.1. The molecule has 0 radical (unpaired) electrons. The van der Waals surface area contributed by atoms with Crippen molar-refractivity contribution >= 4 is 5.97 Å². The largest absolute Gasteiger partial charge is 0.466 e. The summed E-state index contributed by atoms with van der Waals surface area (Å²) in [5.41, 5.74) is 2.82. The summed E-state index contributed by atoms with van der Waals surface area (Å²) in [6, 6.07) is 7.91. The molecule has 1 N–H and O–H groups in total. The van der Waals surface area contributed by atoms with Gasteiger partial charge in [0.15, 0.2) is 0 Å². The number of aliphatic hydroxyl groups excluding tert-OH is 1. The molecule has 0 aromatic heterocycles. The Morgan fingerprint density at radius 2 is 2.04 bits per heavy atom. The molecule has 1 aromatic carbocycles. The second-order valence-corrected chi connectivity index (χ2v) is 7.19. The Bertz CT molecular complexity index is 604. The van der Waals surface area contributed by atoms with Gasteiger partial charge in [-0.15, -0.1) is 0 Å². The standard InChI is InChI=1S/C20H27NO2.CH4O/c1-5-23-20(22)19-17(9-14(4)8-13(2)3)11-16-7-6-15(12-21)10-18(16)19;1-2/h6-7,10,13-14,17,19H,5,8-9,11H2,1-4H3;2H,1H3/t14?,17-,19-;/m0./s1. The van der Waals surface area contributed by atoms with Crippen molar-refractivity contribution < 1.29 is 14.6 Å². The van der Waals surface area contributed by atoms with Crippen LogP contribution in [0, 0.1) is 29.1 Å². The Labute approximate surface area is 151 Å². The maximum atomic E-state index is 12.5. The topological polar surface area (TPSA) is 70.3 Å². The van der Waals surface area contributed by atoms with Gasteiger partial charge in [-0.3, -0.25) is 4.79 Å². The van der Waals surface area contributed by atoms with E-state index in [0.717, 1.165) is 25.5 Å². The summed E-state index contributed by atoms with van der Waals surface area (Å²) in [4.78, 5) is 12.5. The first-order valence-corrected chi connectivity index (χ1v) is 9.10. The zero-order chi connectivity index (χ0) is 19.0. The average Bonchev–Trinajstić information content (AvgIpc) is 2.92. The maximum absolute atomic E-state index is 12.5. The lowest BCUT2D eigenvalue weighted by Crippen LogP contribution is -2.22. The lowest BCUT2D eigenvalue weighted by Gasteiger charge is -2.23. The fourth-order valence-electron chi connectivity index (χ4n) is 3.98. The fraction of sp³-hybridized carbons (Fsp3) is 0.619. The fourth-order valence-corrected chi connectivity index (χ4v) is 3.98. The molecule has 0 bridgehead atoms. The van der Waals surface area contributed by atoms with Crippen molar-refractivity contribution in [2.75, 3.05) is 13.7 Å². The van der Waals surface area contributed by atoms with E-state index in [1.807, 2.05) is 25.1 Å². The number of benzene rings is 1. The van der Waals surface area contributed by atoms with E-state index in [2.05, 4.69) is 26.8 Å². The number of rotatable bonds is 6. The van der Waals surface area contributed by atoms with Gasteiger partial charge in [-0.2, -0.15) is 5.26 Å². The van der Waals surface area contributed by atoms with Crippen molar-refractivity contribution in [1.82, 2.24) is 0 Å². The summed E-state index contributed by atoms with van der Waals surface area (Å²) in [6.07, 6.45) is 3.11. The van der Waals surface area contributed by atoms with Crippen molar-refractivity contribution in [3.63, 3.8) is 0 Å². The highest BCUT2D eigenvalue weighted by atomic mass is 16.5. The molecule has 1 aliphatic carbocycles. The predicted octanol–water partition coefficient (Wildman–Crippen LogP) is 4.06. The van der Waals surface area contributed by atoms with E-state index >= 15 is 0 Å². The van der Waals surface area contributed by atoms with E-state index in [1.54, 1.807) is 0 Å². The van der Waals surface area contributed by atoms with Crippen LogP contribution >= 0.6 is 0 Å². The number of hydrogen-bond acceptors (Lipinski definition) is 4. The van der Waals surface area contributed by atoms with Crippen molar-refractivity contribution in [2.45, 2.75) is 52.9 Å². The zero-order valence-corrected chi connectivity index (χ0v) is 16.1. The van der Waals surface area contributed by atoms with Gasteiger partial charge in [0.1, 0.15) is 0 Å². The van der Waals surface area contributed by atoms with Crippen LogP contribution in [-0.4, -0.2) is 24.8 Å². The van der Waals surface area contributed by atoms with Crippen LogP contribution in [0.5, 0.6) is 0 Å². The molecule has 4 heteroatoms. The molecule has 0 fully saturated rings. The monoisotopic (exact) mass is 345 g/mol. The number of aliphatic hydroxyl groups is 1. The summed E-state index contributed by atoms with van der Waals surface area (Å²) in [7, 11) is 1.00. The molecule has 2 rings (SSSR count). The van der Waals surface area contributed by atoms with E-state index in [4.69, 9.17) is 15.1 Å². The number of carbonyl (C=O) groups is 1. The number of fused-ring (bicyclic) bond motifs is 1. The molecule has 0 heterocycles. The van der Waals surface area contributed by atoms with Crippen LogP contribution in [0.2, 0.25) is 0 Å². The summed E-state index contributed by atoms with van der Waals surface area (Å²) in [5, 5.41) is 16.1. The van der Waals surface area contributed by atoms with Gasteiger partial charge in [0.05, 0.1) is 24.2 Å². The first-order chi connectivity index (χ1) is 12.0. The lowest BCUT2D eigenvalue weighted by molar-refractivity contribution is -0.146. The smallest absolute Gasteiger partial charge is 0.313 e. The first-order valence-electron chi connectivity index (χ1n) is 9.10. The Morgan fingerprint density at radius 1 is 1.36 bits per heavy atom. The number of ether oxygens (including phenoxy) is 1. The normalized spacial score (nSPS) is 19.4. The summed E-state index contributed by atoms with van der Waals surface area (Å²) in [6.45, 7) is 8.99. The van der Waals surface area contributed by atoms with E-state index < -0.39 is 0 Å². The number of carbonyl (C=O) groups excluding carboxylic acids is 1. The molecular weight excluding hydrogens is 314 g/mol. The SMILES string of the molecule is CCOC(=O)[C@@H]1c2cc(C#N)ccc2C[C@@H]1CC(C)CC(C)C.CO. The molecule has 4 nitrogen and oxygen atoms in total. The third-order valence-electron chi connectivity index (χ3n) is 4.68. The quantitative estimate of drug-likeness (QED) is 0.789. The van der Waals surface area contributed by atoms with Gasteiger partial charge in [0.2, 0.25) is 0 Å². The van der Waals surface area contributed by atoms with E-state index in [9.17, 15) is 4.79 Å². The van der Waals surface area contributed by atoms with Gasteiger partial charge >= 0.3 is 5.97 Å². The molecule has 0 saturated carbocycles. The van der Waals surface area contributed by atoms with Gasteiger partial charge in [0.25, 0.3) is 0 Å². The van der Waals surface area contributed by atoms with Crippen molar-refractivity contribution in [2.24, 2.45) is 17.8 Å². The first kappa shape index (κ1) is 21.2. The minimum absolute atomic E-state index is 0.136. The molecule has 1 unspecified atom stereocenters. The van der Waals surface area contributed by atoms with E-state index in [-0.39, 0.29) is 17.8 Å². The summed E-state index contributed by atoms with van der Waals surface area (Å²) >= 11 is 0. The van der Waals surface area contributed by atoms with Crippen LogP contribution in [0.1, 0.15) is 63.1 Å². The van der Waals surface area contributed by atoms with Crippen molar-refractivity contribution in [3.05, 3.63) is 34.9 Å². The molecule has 3 atom stereocenters. The van der Waals surface area contributed by atoms with Crippen LogP contribution in [-0.2, 0) is 16.0 Å². The van der Waals surface area contributed by atoms with Gasteiger partial charge in [-0.1, -0.05) is 26.8 Å². The highest BCUT2D eigenvalue weighted by molar-refractivity contribution is 5.80. The molecule has 1 aromatic rings. The second-order valence-electron chi connectivity index (χ2n) is 7.19. The van der Waals surface area contributed by atoms with Crippen LogP contribution in [0.25, 0.3) is 0 Å². The van der Waals surface area contributed by atoms with Gasteiger partial charge < -0.3 is 9.84 Å². The van der Waals surface area contributed by atoms with Gasteiger partial charge in [0, 0.05) is 7.11 Å². The molecular formula is C21H31NO3. The van der Waals surface area contributed by atoms with Gasteiger partial charge in [-0.25, -0.2) is 0 Å². The molecule has 0 amide bonds. The third kappa shape index (κ3) is 5.57. The number of hydrogen-bond donors (Lipinski definition) is 1. The number of nitriles is 1. The maximum Gasteiger partial charge on any atom is 0.313 e. The summed E-state index contributed by atoms with van der Waals surface area (Å²) < 4.78 is 5.33. The Kier molecular flexibility index (Phi) is 8.65. The Hall–Kier alpha value is -1.86. The summed E-state index contributed by atoms with van der Waals surface area (Å²) in [5.74, 6) is 1.18. The lowest BCUT2D eigenvalue weighted by atomic mass is 9.82. The van der Waals surface area contributed by atoms with Crippen molar-refractivity contribution in [1.29, 1.82) is 5.26 Å². The predicted molar refractivity (Wildman–Crippen MR) is 99.1 cm³/mol. The molecule has 25 heavy (non-hydrogen) atoms. The van der Waals surface area contributed by atoms with Crippen LogP contribution in [0.15, 0.2) is 18.2 Å². The van der Waals surface area contributed by atoms with Crippen molar-refractivity contribution in [3.8, 4) is 6.07 Å². The highest BCUT2D eigenvalue weighted by Gasteiger charge is 2.39. The molecule has 0 spiro atoms.